The minimum Gasteiger partial charge on any atom is -0.488 e. The number of benzene rings is 2. The lowest BCUT2D eigenvalue weighted by molar-refractivity contribution is -0.380. The van der Waals surface area contributed by atoms with Gasteiger partial charge in [-0.05, 0) is 55.3 Å². The molecule has 1 unspecified atom stereocenters. The summed E-state index contributed by atoms with van der Waals surface area (Å²) in [4.78, 5) is 0.978. The smallest absolute Gasteiger partial charge is 0.416 e. The van der Waals surface area contributed by atoms with E-state index in [0.717, 1.165) is 28.3 Å². The molecular formula is C22H23F3O4S. The number of aryl methyl sites for hydroxylation is 1. The number of hydrogen-bond donors (Lipinski definition) is 1. The van der Waals surface area contributed by atoms with Crippen molar-refractivity contribution < 1.29 is 32.5 Å². The molecule has 0 spiro atoms. The lowest BCUT2D eigenvalue weighted by Crippen LogP contribution is -2.42. The lowest BCUT2D eigenvalue weighted by Gasteiger charge is -2.33. The van der Waals surface area contributed by atoms with Crippen LogP contribution in [0.5, 0.6) is 5.75 Å². The number of aliphatic hydroxyl groups is 1. The van der Waals surface area contributed by atoms with Crippen LogP contribution in [0.25, 0.3) is 6.08 Å². The van der Waals surface area contributed by atoms with Gasteiger partial charge in [0.1, 0.15) is 12.4 Å². The van der Waals surface area contributed by atoms with E-state index in [4.69, 9.17) is 14.2 Å². The molecule has 1 saturated heterocycles. The molecule has 4 nitrogen and oxygen atoms in total. The third-order valence-electron chi connectivity index (χ3n) is 4.38. The Kier molecular flexibility index (Phi) is 7.46. The van der Waals surface area contributed by atoms with Gasteiger partial charge in [0.05, 0.1) is 11.7 Å². The molecule has 0 aromatic heterocycles. The van der Waals surface area contributed by atoms with Gasteiger partial charge in [0, 0.05) is 10.6 Å². The van der Waals surface area contributed by atoms with Crippen molar-refractivity contribution in [2.75, 3.05) is 12.4 Å². The summed E-state index contributed by atoms with van der Waals surface area (Å²) in [5.41, 5.74) is 0.862. The predicted molar refractivity (Wildman–Crippen MR) is 109 cm³/mol. The Balaban J connectivity index is 1.46. The summed E-state index contributed by atoms with van der Waals surface area (Å²) in [5.74, 6) is 1.16. The summed E-state index contributed by atoms with van der Waals surface area (Å²) >= 11 is 1.48. The SMILES string of the molecule is Cc1cc(SCC(O)/C=C/c2ccc(C(F)(F)F)cc2)ccc1OCC1OC(C)O1. The Morgan fingerprint density at radius 2 is 1.87 bits per heavy atom. The van der Waals surface area contributed by atoms with Crippen LogP contribution in [-0.2, 0) is 15.7 Å². The standard InChI is InChI=1S/C22H23F3O4S/c1-14-11-19(9-10-20(14)27-12-21-28-15(2)29-21)30-13-18(26)8-5-16-3-6-17(7-4-16)22(23,24)25/h3-11,15,18,21,26H,12-13H2,1-2H3/b8-5+. The summed E-state index contributed by atoms with van der Waals surface area (Å²) in [5, 5.41) is 10.1. The van der Waals surface area contributed by atoms with E-state index in [2.05, 4.69) is 0 Å². The van der Waals surface area contributed by atoms with Gasteiger partial charge in [-0.2, -0.15) is 13.2 Å². The lowest BCUT2D eigenvalue weighted by atomic mass is 10.1. The molecular weight excluding hydrogens is 417 g/mol. The summed E-state index contributed by atoms with van der Waals surface area (Å²) in [6, 6.07) is 10.5. The van der Waals surface area contributed by atoms with E-state index < -0.39 is 17.8 Å². The molecule has 3 rings (SSSR count). The molecule has 1 aliphatic rings. The number of hydrogen-bond acceptors (Lipinski definition) is 5. The van der Waals surface area contributed by atoms with E-state index >= 15 is 0 Å². The molecule has 0 bridgehead atoms. The molecule has 1 N–H and O–H groups in total. The van der Waals surface area contributed by atoms with E-state index in [-0.39, 0.29) is 12.6 Å². The fourth-order valence-electron chi connectivity index (χ4n) is 2.79. The first kappa shape index (κ1) is 22.7. The second kappa shape index (κ2) is 9.87. The van der Waals surface area contributed by atoms with Crippen LogP contribution in [0.4, 0.5) is 13.2 Å². The fourth-order valence-corrected chi connectivity index (χ4v) is 3.69. The van der Waals surface area contributed by atoms with Crippen LogP contribution in [0.3, 0.4) is 0 Å². The monoisotopic (exact) mass is 440 g/mol. The maximum atomic E-state index is 12.6. The van der Waals surface area contributed by atoms with Crippen molar-refractivity contribution in [2.45, 2.75) is 43.6 Å². The van der Waals surface area contributed by atoms with Gasteiger partial charge in [0.2, 0.25) is 0 Å². The summed E-state index contributed by atoms with van der Waals surface area (Å²) in [6.07, 6.45) is -2.42. The number of alkyl halides is 3. The zero-order chi connectivity index (χ0) is 21.7. The molecule has 0 saturated carbocycles. The zero-order valence-electron chi connectivity index (χ0n) is 16.6. The van der Waals surface area contributed by atoms with Crippen molar-refractivity contribution in [2.24, 2.45) is 0 Å². The first-order chi connectivity index (χ1) is 14.2. The fraction of sp³-hybridized carbons (Fsp3) is 0.364. The Bertz CT molecular complexity index is 862. The molecule has 0 amide bonds. The van der Waals surface area contributed by atoms with Gasteiger partial charge >= 0.3 is 6.18 Å². The van der Waals surface area contributed by atoms with Crippen molar-refractivity contribution >= 4 is 17.8 Å². The van der Waals surface area contributed by atoms with E-state index in [9.17, 15) is 18.3 Å². The topological polar surface area (TPSA) is 47.9 Å². The van der Waals surface area contributed by atoms with Crippen molar-refractivity contribution in [1.82, 2.24) is 0 Å². The normalized spacial score (nSPS) is 20.2. The van der Waals surface area contributed by atoms with E-state index in [1.54, 1.807) is 12.2 Å². The Morgan fingerprint density at radius 1 is 1.17 bits per heavy atom. The van der Waals surface area contributed by atoms with Crippen LogP contribution in [0.15, 0.2) is 53.4 Å². The predicted octanol–water partition coefficient (Wildman–Crippen LogP) is 5.28. The van der Waals surface area contributed by atoms with Crippen molar-refractivity contribution in [3.8, 4) is 5.75 Å². The maximum absolute atomic E-state index is 12.6. The van der Waals surface area contributed by atoms with Gasteiger partial charge in [-0.25, -0.2) is 0 Å². The summed E-state index contributed by atoms with van der Waals surface area (Å²) in [7, 11) is 0. The zero-order valence-corrected chi connectivity index (χ0v) is 17.4. The number of rotatable bonds is 8. The number of thioether (sulfide) groups is 1. The molecule has 1 atom stereocenters. The third kappa shape index (κ3) is 6.50. The first-order valence-electron chi connectivity index (χ1n) is 9.41. The number of halogens is 3. The summed E-state index contributed by atoms with van der Waals surface area (Å²) < 4.78 is 54.1. The van der Waals surface area contributed by atoms with Gasteiger partial charge in [-0.1, -0.05) is 24.3 Å². The summed E-state index contributed by atoms with van der Waals surface area (Å²) in [6.45, 7) is 4.08. The van der Waals surface area contributed by atoms with Crippen LogP contribution in [0.1, 0.15) is 23.6 Å². The minimum absolute atomic E-state index is 0.182. The Labute approximate surface area is 177 Å². The van der Waals surface area contributed by atoms with Crippen LogP contribution >= 0.6 is 11.8 Å². The molecule has 30 heavy (non-hydrogen) atoms. The van der Waals surface area contributed by atoms with Crippen molar-refractivity contribution in [3.63, 3.8) is 0 Å². The van der Waals surface area contributed by atoms with Crippen molar-refractivity contribution in [1.29, 1.82) is 0 Å². The Hall–Kier alpha value is -2.00. The third-order valence-corrected chi connectivity index (χ3v) is 5.47. The van der Waals surface area contributed by atoms with Crippen LogP contribution < -0.4 is 4.74 Å². The molecule has 8 heteroatoms. The second-order valence-corrected chi connectivity index (χ2v) is 7.96. The molecule has 1 heterocycles. The number of aliphatic hydroxyl groups excluding tert-OH is 1. The minimum atomic E-state index is -4.35. The van der Waals surface area contributed by atoms with Crippen molar-refractivity contribution in [3.05, 3.63) is 65.2 Å². The average molecular weight is 440 g/mol. The highest BCUT2D eigenvalue weighted by atomic mass is 32.2. The molecule has 1 fully saturated rings. The van der Waals surface area contributed by atoms with Gasteiger partial charge < -0.3 is 19.3 Å². The van der Waals surface area contributed by atoms with Gasteiger partial charge in [0.15, 0.2) is 12.6 Å². The quantitative estimate of drug-likeness (QED) is 0.566. The molecule has 2 aromatic rings. The average Bonchev–Trinajstić information content (AvgIpc) is 2.68. The second-order valence-electron chi connectivity index (χ2n) is 6.86. The largest absolute Gasteiger partial charge is 0.488 e. The maximum Gasteiger partial charge on any atom is 0.416 e. The van der Waals surface area contributed by atoms with E-state index in [1.165, 1.54) is 23.9 Å². The van der Waals surface area contributed by atoms with Gasteiger partial charge in [-0.3, -0.25) is 0 Å². The molecule has 2 aromatic carbocycles. The van der Waals surface area contributed by atoms with Gasteiger partial charge in [0.25, 0.3) is 0 Å². The highest BCUT2D eigenvalue weighted by Gasteiger charge is 2.30. The van der Waals surface area contributed by atoms with Gasteiger partial charge in [-0.15, -0.1) is 11.8 Å². The Morgan fingerprint density at radius 3 is 2.47 bits per heavy atom. The molecule has 162 valence electrons. The van der Waals surface area contributed by atoms with Crippen LogP contribution in [-0.4, -0.2) is 36.2 Å². The van der Waals surface area contributed by atoms with E-state index in [0.29, 0.717) is 17.9 Å². The highest BCUT2D eigenvalue weighted by Crippen LogP contribution is 2.30. The first-order valence-corrected chi connectivity index (χ1v) is 10.4. The van der Waals surface area contributed by atoms with E-state index in [1.807, 2.05) is 32.0 Å². The van der Waals surface area contributed by atoms with Crippen LogP contribution in [0, 0.1) is 6.92 Å². The van der Waals surface area contributed by atoms with Crippen LogP contribution in [0.2, 0.25) is 0 Å². The highest BCUT2D eigenvalue weighted by molar-refractivity contribution is 7.99. The molecule has 0 radical (unpaired) electrons. The molecule has 0 aliphatic carbocycles. The number of ether oxygens (including phenoxy) is 3. The molecule has 1 aliphatic heterocycles.